The second kappa shape index (κ2) is 5.13. The van der Waals surface area contributed by atoms with Gasteiger partial charge in [-0.3, -0.25) is 4.68 Å². The number of alkyl halides is 3. The van der Waals surface area contributed by atoms with Crippen LogP contribution in [0.2, 0.25) is 0 Å². The Balaban J connectivity index is 2.96. The highest BCUT2D eigenvalue weighted by atomic mass is 32.2. The van der Waals surface area contributed by atoms with Gasteiger partial charge in [-0.25, -0.2) is 8.42 Å². The molecule has 8 heteroatoms. The Morgan fingerprint density at radius 2 is 2.06 bits per heavy atom. The van der Waals surface area contributed by atoms with Crippen molar-refractivity contribution >= 4 is 9.84 Å². The monoisotopic (exact) mass is 282 g/mol. The zero-order chi connectivity index (χ0) is 14.0. The van der Waals surface area contributed by atoms with E-state index in [-0.39, 0.29) is 11.4 Å². The Kier molecular flexibility index (Phi) is 4.20. The number of hydrogen-bond donors (Lipinski definition) is 0. The molecule has 0 amide bonds. The maximum absolute atomic E-state index is 12.4. The lowest BCUT2D eigenvalue weighted by molar-refractivity contribution is -0.141. The maximum Gasteiger partial charge on any atom is 0.435 e. The van der Waals surface area contributed by atoms with Gasteiger partial charge in [0.2, 0.25) is 0 Å². The molecule has 102 valence electrons. The van der Waals surface area contributed by atoms with Crippen molar-refractivity contribution in [3.05, 3.63) is 29.6 Å². The molecule has 0 unspecified atom stereocenters. The molecule has 18 heavy (non-hydrogen) atoms. The molecule has 1 rings (SSSR count). The summed E-state index contributed by atoms with van der Waals surface area (Å²) in [7, 11) is -2.18. The molecule has 0 saturated carbocycles. The third kappa shape index (κ3) is 3.86. The summed E-state index contributed by atoms with van der Waals surface area (Å²) >= 11 is 0. The second-order valence-electron chi connectivity index (χ2n) is 3.77. The number of hydrogen-bond acceptors (Lipinski definition) is 3. The normalized spacial score (nSPS) is 13.4. The maximum atomic E-state index is 12.4. The smallest absolute Gasteiger partial charge is 0.271 e. The number of rotatable bonds is 4. The Labute approximate surface area is 103 Å². The van der Waals surface area contributed by atoms with Gasteiger partial charge in [0, 0.05) is 7.05 Å². The zero-order valence-electron chi connectivity index (χ0n) is 9.90. The number of allylic oxidation sites excluding steroid dienone is 1. The lowest BCUT2D eigenvalue weighted by Crippen LogP contribution is -2.10. The van der Waals surface area contributed by atoms with Gasteiger partial charge in [-0.05, 0) is 13.0 Å². The minimum Gasteiger partial charge on any atom is -0.271 e. The van der Waals surface area contributed by atoms with E-state index in [0.29, 0.717) is 0 Å². The molecular weight excluding hydrogens is 269 g/mol. The summed E-state index contributed by atoms with van der Waals surface area (Å²) in [6, 6.07) is 0.757. The topological polar surface area (TPSA) is 52.0 Å². The largest absolute Gasteiger partial charge is 0.435 e. The average Bonchev–Trinajstić information content (AvgIpc) is 2.56. The molecule has 0 aliphatic rings. The van der Waals surface area contributed by atoms with E-state index in [2.05, 4.69) is 5.10 Å². The van der Waals surface area contributed by atoms with Crippen molar-refractivity contribution in [2.24, 2.45) is 7.05 Å². The van der Waals surface area contributed by atoms with Crippen LogP contribution in [0, 0.1) is 0 Å². The first-order valence-corrected chi connectivity index (χ1v) is 6.89. The molecule has 0 aromatic carbocycles. The fraction of sp³-hybridized carbons (Fsp3) is 0.500. The number of halogens is 3. The van der Waals surface area contributed by atoms with E-state index in [1.807, 2.05) is 0 Å². The van der Waals surface area contributed by atoms with Crippen LogP contribution in [-0.4, -0.2) is 24.0 Å². The van der Waals surface area contributed by atoms with E-state index in [0.717, 1.165) is 10.7 Å². The average molecular weight is 282 g/mol. The van der Waals surface area contributed by atoms with E-state index in [9.17, 15) is 21.6 Å². The summed E-state index contributed by atoms with van der Waals surface area (Å²) in [4.78, 5) is 0. The second-order valence-corrected chi connectivity index (χ2v) is 5.88. The van der Waals surface area contributed by atoms with Crippen LogP contribution in [0.5, 0.6) is 0 Å². The van der Waals surface area contributed by atoms with Gasteiger partial charge in [0.15, 0.2) is 15.5 Å². The first-order valence-electron chi connectivity index (χ1n) is 5.07. The minimum atomic E-state index is -4.57. The summed E-state index contributed by atoms with van der Waals surface area (Å²) in [5, 5.41) is 3.26. The third-order valence-electron chi connectivity index (χ3n) is 2.22. The van der Waals surface area contributed by atoms with Crippen LogP contribution in [0.1, 0.15) is 18.3 Å². The molecule has 0 aliphatic heterocycles. The lowest BCUT2D eigenvalue weighted by atomic mass is 10.4. The molecule has 4 nitrogen and oxygen atoms in total. The lowest BCUT2D eigenvalue weighted by Gasteiger charge is -2.01. The van der Waals surface area contributed by atoms with Crippen molar-refractivity contribution < 1.29 is 21.6 Å². The number of sulfone groups is 1. The van der Waals surface area contributed by atoms with Gasteiger partial charge in [-0.2, -0.15) is 18.3 Å². The number of aryl methyl sites for hydroxylation is 1. The highest BCUT2D eigenvalue weighted by Gasteiger charge is 2.34. The minimum absolute atomic E-state index is 0.0202. The summed E-state index contributed by atoms with van der Waals surface area (Å²) in [6.07, 6.45) is -1.55. The molecule has 0 spiro atoms. The predicted molar refractivity (Wildman–Crippen MR) is 60.5 cm³/mol. The van der Waals surface area contributed by atoms with Gasteiger partial charge in [0.05, 0.1) is 17.2 Å². The third-order valence-corrected chi connectivity index (χ3v) is 3.66. The van der Waals surface area contributed by atoms with Crippen molar-refractivity contribution in [1.29, 1.82) is 0 Å². The van der Waals surface area contributed by atoms with Gasteiger partial charge < -0.3 is 0 Å². The number of nitrogens with zero attached hydrogens (tertiary/aromatic N) is 2. The van der Waals surface area contributed by atoms with E-state index in [1.54, 1.807) is 13.0 Å². The van der Waals surface area contributed by atoms with Crippen LogP contribution >= 0.6 is 0 Å². The summed E-state index contributed by atoms with van der Waals surface area (Å²) in [5.41, 5.74) is -1.06. The SMILES string of the molecule is C/C=C/CS(=O)(=O)Cc1cc(C(F)(F)F)nn1C. The van der Waals surface area contributed by atoms with Gasteiger partial charge in [-0.1, -0.05) is 12.2 Å². The summed E-state index contributed by atoms with van der Waals surface area (Å²) in [6.45, 7) is 1.67. The van der Waals surface area contributed by atoms with Crippen molar-refractivity contribution in [3.8, 4) is 0 Å². The highest BCUT2D eigenvalue weighted by Crippen LogP contribution is 2.28. The molecular formula is C10H13F3N2O2S. The standard InChI is InChI=1S/C10H13F3N2O2S/c1-3-4-5-18(16,17)7-8-6-9(10(11,12)13)14-15(8)2/h3-4,6H,5,7H2,1-2H3/b4-3+. The first kappa shape index (κ1) is 14.7. The van der Waals surface area contributed by atoms with E-state index < -0.39 is 27.5 Å². The Morgan fingerprint density at radius 3 is 2.50 bits per heavy atom. The first-order chi connectivity index (χ1) is 8.15. The van der Waals surface area contributed by atoms with E-state index in [4.69, 9.17) is 0 Å². The molecule has 0 saturated heterocycles. The molecule has 0 aliphatic carbocycles. The van der Waals surface area contributed by atoms with Crippen molar-refractivity contribution in [2.75, 3.05) is 5.75 Å². The Hall–Kier alpha value is -1.31. The Bertz CT molecular complexity index is 544. The van der Waals surface area contributed by atoms with Crippen LogP contribution < -0.4 is 0 Å². The molecule has 0 fully saturated rings. The molecule has 0 radical (unpaired) electrons. The summed E-state index contributed by atoms with van der Waals surface area (Å²) in [5.74, 6) is -0.660. The highest BCUT2D eigenvalue weighted by molar-refractivity contribution is 7.90. The Morgan fingerprint density at radius 1 is 1.44 bits per heavy atom. The molecule has 1 aromatic heterocycles. The van der Waals surface area contributed by atoms with E-state index in [1.165, 1.54) is 13.1 Å². The molecule has 0 atom stereocenters. The fourth-order valence-corrected chi connectivity index (χ4v) is 2.63. The van der Waals surface area contributed by atoms with Crippen molar-refractivity contribution in [2.45, 2.75) is 18.9 Å². The van der Waals surface area contributed by atoms with Crippen molar-refractivity contribution in [1.82, 2.24) is 9.78 Å². The van der Waals surface area contributed by atoms with Gasteiger partial charge >= 0.3 is 6.18 Å². The molecule has 0 N–H and O–H groups in total. The van der Waals surface area contributed by atoms with Crippen molar-refractivity contribution in [3.63, 3.8) is 0 Å². The van der Waals surface area contributed by atoms with Gasteiger partial charge in [0.25, 0.3) is 0 Å². The molecule has 1 heterocycles. The number of aromatic nitrogens is 2. The predicted octanol–water partition coefficient (Wildman–Crippen LogP) is 1.93. The summed E-state index contributed by atoms with van der Waals surface area (Å²) < 4.78 is 61.3. The van der Waals surface area contributed by atoms with Crippen LogP contribution in [0.4, 0.5) is 13.2 Å². The zero-order valence-corrected chi connectivity index (χ0v) is 10.7. The van der Waals surface area contributed by atoms with Crippen LogP contribution in [0.25, 0.3) is 0 Å². The fourth-order valence-electron chi connectivity index (χ4n) is 1.31. The van der Waals surface area contributed by atoms with Gasteiger partial charge in [0.1, 0.15) is 0 Å². The van der Waals surface area contributed by atoms with Crippen LogP contribution in [-0.2, 0) is 28.8 Å². The van der Waals surface area contributed by atoms with Crippen LogP contribution in [0.3, 0.4) is 0 Å². The van der Waals surface area contributed by atoms with Gasteiger partial charge in [-0.15, -0.1) is 0 Å². The van der Waals surface area contributed by atoms with E-state index >= 15 is 0 Å². The quantitative estimate of drug-likeness (QED) is 0.793. The molecule has 1 aromatic rings. The molecule has 0 bridgehead atoms. The van der Waals surface area contributed by atoms with Crippen LogP contribution in [0.15, 0.2) is 18.2 Å².